The highest BCUT2D eigenvalue weighted by Gasteiger charge is 2.36. The van der Waals surface area contributed by atoms with Crippen molar-refractivity contribution in [2.24, 2.45) is 0 Å². The average Bonchev–Trinajstić information content (AvgIpc) is 3.39. The molecule has 0 saturated carbocycles. The number of aromatic nitrogens is 1. The van der Waals surface area contributed by atoms with Gasteiger partial charge in [0.2, 0.25) is 0 Å². The first kappa shape index (κ1) is 19.7. The van der Waals surface area contributed by atoms with Gasteiger partial charge >= 0.3 is 0 Å². The van der Waals surface area contributed by atoms with Crippen LogP contribution >= 0.6 is 11.6 Å². The van der Waals surface area contributed by atoms with Crippen LogP contribution in [0.3, 0.4) is 0 Å². The lowest BCUT2D eigenvalue weighted by Gasteiger charge is -2.16. The maximum atomic E-state index is 13.1. The molecule has 150 valence electrons. The van der Waals surface area contributed by atoms with Gasteiger partial charge in [0.25, 0.3) is 5.91 Å². The molecule has 1 saturated heterocycles. The molecule has 1 atom stereocenters. The van der Waals surface area contributed by atoms with E-state index in [0.29, 0.717) is 23.7 Å². The van der Waals surface area contributed by atoms with Crippen molar-refractivity contribution in [1.82, 2.24) is 9.88 Å². The van der Waals surface area contributed by atoms with Crippen molar-refractivity contribution in [2.75, 3.05) is 13.1 Å². The van der Waals surface area contributed by atoms with Crippen molar-refractivity contribution in [1.29, 1.82) is 0 Å². The van der Waals surface area contributed by atoms with E-state index >= 15 is 0 Å². The molecule has 0 radical (unpaired) electrons. The number of benzene rings is 2. The molecule has 2 aromatic carbocycles. The Morgan fingerprint density at radius 1 is 1.07 bits per heavy atom. The summed E-state index contributed by atoms with van der Waals surface area (Å²) in [6.45, 7) is 0.496. The molecule has 0 bridgehead atoms. The zero-order chi connectivity index (χ0) is 20.6. The number of hydrogen-bond acceptors (Lipinski definition) is 3. The number of likely N-dealkylation sites (tertiary alicyclic amines) is 1. The minimum Gasteiger partial charge on any atom is -0.357 e. The Hall–Kier alpha value is -2.64. The van der Waals surface area contributed by atoms with E-state index in [1.165, 1.54) is 24.3 Å². The SMILES string of the molecule is O=C(c1cc(-c2ccc(F)cc2)c[nH]1)N1CCC(S(=O)(=O)c2ccc(Cl)cc2)C1. The first-order chi connectivity index (χ1) is 13.8. The number of carbonyl (C=O) groups is 1. The zero-order valence-corrected chi connectivity index (χ0v) is 16.9. The molecule has 3 aromatic rings. The van der Waals surface area contributed by atoms with Crippen LogP contribution in [0, 0.1) is 5.82 Å². The summed E-state index contributed by atoms with van der Waals surface area (Å²) in [6, 6.07) is 13.7. The Balaban J connectivity index is 1.48. The lowest BCUT2D eigenvalue weighted by Crippen LogP contribution is -2.32. The summed E-state index contributed by atoms with van der Waals surface area (Å²) in [5, 5.41) is -0.185. The molecule has 0 spiro atoms. The first-order valence-electron chi connectivity index (χ1n) is 9.08. The van der Waals surface area contributed by atoms with Crippen LogP contribution in [0.15, 0.2) is 65.7 Å². The molecule has 1 unspecified atom stereocenters. The summed E-state index contributed by atoms with van der Waals surface area (Å²) in [4.78, 5) is 17.5. The second-order valence-corrected chi connectivity index (χ2v) is 9.63. The van der Waals surface area contributed by atoms with Crippen LogP contribution in [0.25, 0.3) is 11.1 Å². The minimum atomic E-state index is -3.54. The summed E-state index contributed by atoms with van der Waals surface area (Å²) >= 11 is 5.84. The zero-order valence-electron chi connectivity index (χ0n) is 15.3. The Morgan fingerprint density at radius 3 is 2.45 bits per heavy atom. The molecule has 1 amide bonds. The van der Waals surface area contributed by atoms with E-state index in [1.807, 2.05) is 0 Å². The van der Waals surface area contributed by atoms with Crippen LogP contribution in [-0.4, -0.2) is 42.5 Å². The van der Waals surface area contributed by atoms with Crippen molar-refractivity contribution in [3.8, 4) is 11.1 Å². The largest absolute Gasteiger partial charge is 0.357 e. The predicted molar refractivity (Wildman–Crippen MR) is 109 cm³/mol. The standard InChI is InChI=1S/C21H18ClFN2O3S/c22-16-3-7-18(8-4-16)29(27,28)19-9-10-25(13-19)21(26)20-11-15(12-24-20)14-1-5-17(23)6-2-14/h1-8,11-12,19,24H,9-10,13H2. The van der Waals surface area contributed by atoms with E-state index in [-0.39, 0.29) is 23.2 Å². The summed E-state index contributed by atoms with van der Waals surface area (Å²) in [7, 11) is -3.54. The maximum absolute atomic E-state index is 13.1. The van der Waals surface area contributed by atoms with Crippen LogP contribution in [0.2, 0.25) is 5.02 Å². The Morgan fingerprint density at radius 2 is 1.76 bits per heavy atom. The highest BCUT2D eigenvalue weighted by atomic mass is 35.5. The third-order valence-electron chi connectivity index (χ3n) is 5.10. The van der Waals surface area contributed by atoms with Crippen LogP contribution in [0.5, 0.6) is 0 Å². The molecular weight excluding hydrogens is 415 g/mol. The van der Waals surface area contributed by atoms with Gasteiger partial charge in [0.05, 0.1) is 10.1 Å². The van der Waals surface area contributed by atoms with Crippen molar-refractivity contribution in [3.05, 3.63) is 77.3 Å². The number of nitrogens with one attached hydrogen (secondary N) is 1. The number of nitrogens with zero attached hydrogens (tertiary/aromatic N) is 1. The fourth-order valence-electron chi connectivity index (χ4n) is 3.48. The fraction of sp³-hybridized carbons (Fsp3) is 0.190. The normalized spacial score (nSPS) is 16.9. The number of halogens is 2. The number of rotatable bonds is 4. The third kappa shape index (κ3) is 3.93. The highest BCUT2D eigenvalue weighted by Crippen LogP contribution is 2.27. The van der Waals surface area contributed by atoms with Gasteiger partial charge in [-0.15, -0.1) is 0 Å². The van der Waals surface area contributed by atoms with Gasteiger partial charge in [-0.2, -0.15) is 0 Å². The van der Waals surface area contributed by atoms with Gasteiger partial charge in [-0.3, -0.25) is 4.79 Å². The first-order valence-corrected chi connectivity index (χ1v) is 11.0. The summed E-state index contributed by atoms with van der Waals surface area (Å²) < 4.78 is 38.8. The smallest absolute Gasteiger partial charge is 0.270 e. The Labute approximate surface area is 173 Å². The van der Waals surface area contributed by atoms with Crippen LogP contribution in [0.4, 0.5) is 4.39 Å². The molecule has 1 aliphatic rings. The van der Waals surface area contributed by atoms with Gasteiger partial charge in [0.1, 0.15) is 11.5 Å². The maximum Gasteiger partial charge on any atom is 0.270 e. The Bertz CT molecular complexity index is 1140. The topological polar surface area (TPSA) is 70.2 Å². The van der Waals surface area contributed by atoms with Gasteiger partial charge < -0.3 is 9.88 Å². The van der Waals surface area contributed by atoms with E-state index in [1.54, 1.807) is 41.4 Å². The molecule has 8 heteroatoms. The van der Waals surface area contributed by atoms with E-state index in [2.05, 4.69) is 4.98 Å². The molecular formula is C21H18ClFN2O3S. The molecule has 1 N–H and O–H groups in total. The van der Waals surface area contributed by atoms with E-state index in [0.717, 1.165) is 11.1 Å². The molecule has 4 rings (SSSR count). The van der Waals surface area contributed by atoms with Crippen LogP contribution in [-0.2, 0) is 9.84 Å². The van der Waals surface area contributed by atoms with E-state index < -0.39 is 15.1 Å². The number of carbonyl (C=O) groups excluding carboxylic acids is 1. The van der Waals surface area contributed by atoms with Gasteiger partial charge in [0.15, 0.2) is 9.84 Å². The van der Waals surface area contributed by atoms with Gasteiger partial charge in [-0.05, 0) is 60.0 Å². The quantitative estimate of drug-likeness (QED) is 0.672. The van der Waals surface area contributed by atoms with Gasteiger partial charge in [0, 0.05) is 24.3 Å². The minimum absolute atomic E-state index is 0.134. The van der Waals surface area contributed by atoms with Crippen molar-refractivity contribution in [3.63, 3.8) is 0 Å². The number of amides is 1. The molecule has 1 aromatic heterocycles. The van der Waals surface area contributed by atoms with Gasteiger partial charge in [-0.1, -0.05) is 23.7 Å². The molecule has 2 heterocycles. The summed E-state index contributed by atoms with van der Waals surface area (Å²) in [5.74, 6) is -0.585. The second kappa shape index (κ2) is 7.65. The Kier molecular flexibility index (Phi) is 5.19. The second-order valence-electron chi connectivity index (χ2n) is 6.97. The monoisotopic (exact) mass is 432 g/mol. The van der Waals surface area contributed by atoms with E-state index in [9.17, 15) is 17.6 Å². The predicted octanol–water partition coefficient (Wildman–Crippen LogP) is 4.16. The number of aromatic amines is 1. The molecule has 0 aliphatic carbocycles. The van der Waals surface area contributed by atoms with Gasteiger partial charge in [-0.25, -0.2) is 12.8 Å². The number of hydrogen-bond donors (Lipinski definition) is 1. The number of H-pyrrole nitrogens is 1. The number of sulfone groups is 1. The molecule has 5 nitrogen and oxygen atoms in total. The fourth-order valence-corrected chi connectivity index (χ4v) is 5.30. The lowest BCUT2D eigenvalue weighted by atomic mass is 10.1. The summed E-state index contributed by atoms with van der Waals surface area (Å²) in [5.41, 5.74) is 1.91. The van der Waals surface area contributed by atoms with Crippen LogP contribution < -0.4 is 0 Å². The van der Waals surface area contributed by atoms with Crippen LogP contribution in [0.1, 0.15) is 16.9 Å². The lowest BCUT2D eigenvalue weighted by molar-refractivity contribution is 0.0788. The average molecular weight is 433 g/mol. The third-order valence-corrected chi connectivity index (χ3v) is 7.55. The molecule has 1 aliphatic heterocycles. The molecule has 29 heavy (non-hydrogen) atoms. The van der Waals surface area contributed by atoms with Crippen molar-refractivity contribution < 1.29 is 17.6 Å². The summed E-state index contributed by atoms with van der Waals surface area (Å²) in [6.07, 6.45) is 2.06. The highest BCUT2D eigenvalue weighted by molar-refractivity contribution is 7.92. The molecule has 1 fully saturated rings. The van der Waals surface area contributed by atoms with Crippen molar-refractivity contribution in [2.45, 2.75) is 16.6 Å². The van der Waals surface area contributed by atoms with Crippen molar-refractivity contribution >= 4 is 27.3 Å². The van der Waals surface area contributed by atoms with E-state index in [4.69, 9.17) is 11.6 Å².